The number of alkyl halides is 2. The Morgan fingerprint density at radius 3 is 2.90 bits per heavy atom. The van der Waals surface area contributed by atoms with Crippen molar-refractivity contribution in [3.63, 3.8) is 0 Å². The molecule has 3 heterocycles. The van der Waals surface area contributed by atoms with Gasteiger partial charge in [0.25, 0.3) is 5.92 Å². The maximum atomic E-state index is 13.6. The number of fused-ring (bicyclic) bond motifs is 1. The van der Waals surface area contributed by atoms with Crippen molar-refractivity contribution in [2.75, 3.05) is 24.2 Å². The van der Waals surface area contributed by atoms with Crippen LogP contribution in [0, 0.1) is 0 Å². The number of anilines is 1. The molecule has 1 fully saturated rings. The Labute approximate surface area is 129 Å². The smallest absolute Gasteiger partial charge is 0.265 e. The average molecular weight is 331 g/mol. The monoisotopic (exact) mass is 330 g/mol. The van der Waals surface area contributed by atoms with Crippen molar-refractivity contribution in [2.24, 2.45) is 0 Å². The topological polar surface area (TPSA) is 41.9 Å². The van der Waals surface area contributed by atoms with Crippen LogP contribution >= 0.6 is 23.4 Å². The van der Waals surface area contributed by atoms with Gasteiger partial charge >= 0.3 is 0 Å². The molecule has 0 spiro atoms. The van der Waals surface area contributed by atoms with Gasteiger partial charge in [0.15, 0.2) is 5.16 Å². The molecule has 8 heteroatoms. The SMILES string of the molecule is CSc1ncc2c(N3CCCC(F)(F)C3)nc(Cl)cc2n1. The van der Waals surface area contributed by atoms with Crippen molar-refractivity contribution in [3.8, 4) is 0 Å². The molecular formula is C13H13ClF2N4S. The number of thioether (sulfide) groups is 1. The summed E-state index contributed by atoms with van der Waals surface area (Å²) in [7, 11) is 0. The van der Waals surface area contributed by atoms with E-state index in [1.807, 2.05) is 6.26 Å². The third kappa shape index (κ3) is 3.03. The fourth-order valence-electron chi connectivity index (χ4n) is 2.45. The third-order valence-corrected chi connectivity index (χ3v) is 4.14. The van der Waals surface area contributed by atoms with Crippen LogP contribution in [0.3, 0.4) is 0 Å². The lowest BCUT2D eigenvalue weighted by Gasteiger charge is -2.33. The minimum atomic E-state index is -2.70. The highest BCUT2D eigenvalue weighted by molar-refractivity contribution is 7.98. The zero-order chi connectivity index (χ0) is 15.0. The normalized spacial score (nSPS) is 18.2. The van der Waals surface area contributed by atoms with Crippen LogP contribution < -0.4 is 4.90 Å². The molecule has 0 amide bonds. The Kier molecular flexibility index (Phi) is 3.88. The molecule has 0 atom stereocenters. The van der Waals surface area contributed by atoms with Gasteiger partial charge in [0, 0.05) is 25.2 Å². The van der Waals surface area contributed by atoms with E-state index in [4.69, 9.17) is 11.6 Å². The second-order valence-corrected chi connectivity index (χ2v) is 6.10. The van der Waals surface area contributed by atoms with Crippen molar-refractivity contribution in [3.05, 3.63) is 17.4 Å². The number of pyridine rings is 1. The first-order valence-corrected chi connectivity index (χ1v) is 8.09. The van der Waals surface area contributed by atoms with Crippen LogP contribution in [0.5, 0.6) is 0 Å². The highest BCUT2D eigenvalue weighted by Gasteiger charge is 2.36. The van der Waals surface area contributed by atoms with Gasteiger partial charge in [-0.3, -0.25) is 0 Å². The second kappa shape index (κ2) is 5.53. The first-order chi connectivity index (χ1) is 9.98. The number of halogens is 3. The Hall–Kier alpha value is -1.21. The van der Waals surface area contributed by atoms with E-state index in [9.17, 15) is 8.78 Å². The molecule has 0 N–H and O–H groups in total. The number of hydrogen-bond donors (Lipinski definition) is 0. The molecule has 0 unspecified atom stereocenters. The van der Waals surface area contributed by atoms with Gasteiger partial charge in [-0.2, -0.15) is 0 Å². The summed E-state index contributed by atoms with van der Waals surface area (Å²) in [6, 6.07) is 1.63. The lowest BCUT2D eigenvalue weighted by atomic mass is 10.1. The molecule has 2 aromatic heterocycles. The summed E-state index contributed by atoms with van der Waals surface area (Å²) in [5, 5.41) is 1.51. The highest BCUT2D eigenvalue weighted by atomic mass is 35.5. The van der Waals surface area contributed by atoms with Gasteiger partial charge < -0.3 is 4.90 Å². The van der Waals surface area contributed by atoms with E-state index in [1.54, 1.807) is 17.2 Å². The van der Waals surface area contributed by atoms with Crippen LogP contribution in [-0.2, 0) is 0 Å². The molecule has 0 radical (unpaired) electrons. The molecule has 2 aromatic rings. The van der Waals surface area contributed by atoms with Crippen LogP contribution in [0.4, 0.5) is 14.6 Å². The zero-order valence-electron chi connectivity index (χ0n) is 11.3. The molecule has 1 aliphatic rings. The van der Waals surface area contributed by atoms with Gasteiger partial charge in [0.1, 0.15) is 11.0 Å². The average Bonchev–Trinajstić information content (AvgIpc) is 2.44. The lowest BCUT2D eigenvalue weighted by molar-refractivity contribution is -0.0117. The summed E-state index contributed by atoms with van der Waals surface area (Å²) in [6.45, 7) is 0.183. The first kappa shape index (κ1) is 14.7. The number of hydrogen-bond acceptors (Lipinski definition) is 5. The van der Waals surface area contributed by atoms with Gasteiger partial charge in [-0.1, -0.05) is 23.4 Å². The number of piperidine rings is 1. The Morgan fingerprint density at radius 1 is 1.38 bits per heavy atom. The Morgan fingerprint density at radius 2 is 2.19 bits per heavy atom. The van der Waals surface area contributed by atoms with E-state index >= 15 is 0 Å². The molecule has 0 saturated carbocycles. The predicted molar refractivity (Wildman–Crippen MR) is 80.5 cm³/mol. The summed E-state index contributed by atoms with van der Waals surface area (Å²) >= 11 is 7.43. The second-order valence-electron chi connectivity index (χ2n) is 4.94. The molecule has 112 valence electrons. The van der Waals surface area contributed by atoms with E-state index in [0.29, 0.717) is 34.8 Å². The standard InChI is InChI=1S/C13H13ClF2N4S/c1-21-12-17-6-8-9(18-12)5-10(14)19-11(8)20-4-2-3-13(15,16)7-20/h5-6H,2-4,7H2,1H3. The fourth-order valence-corrected chi connectivity index (χ4v) is 2.98. The summed E-state index contributed by atoms with van der Waals surface area (Å²) < 4.78 is 27.2. The third-order valence-electron chi connectivity index (χ3n) is 3.38. The lowest BCUT2D eigenvalue weighted by Crippen LogP contribution is -2.43. The van der Waals surface area contributed by atoms with Crippen molar-refractivity contribution in [1.82, 2.24) is 15.0 Å². The van der Waals surface area contributed by atoms with Crippen molar-refractivity contribution in [1.29, 1.82) is 0 Å². The van der Waals surface area contributed by atoms with Crippen molar-refractivity contribution < 1.29 is 8.78 Å². The summed E-state index contributed by atoms with van der Waals surface area (Å²) in [6.07, 6.45) is 3.83. The van der Waals surface area contributed by atoms with E-state index in [0.717, 1.165) is 0 Å². The van der Waals surface area contributed by atoms with Gasteiger partial charge in [-0.05, 0) is 12.7 Å². The van der Waals surface area contributed by atoms with E-state index in [2.05, 4.69) is 15.0 Å². The maximum absolute atomic E-state index is 13.6. The number of nitrogens with zero attached hydrogens (tertiary/aromatic N) is 4. The zero-order valence-corrected chi connectivity index (χ0v) is 12.9. The van der Waals surface area contributed by atoms with Gasteiger partial charge in [-0.25, -0.2) is 23.7 Å². The maximum Gasteiger partial charge on any atom is 0.265 e. The van der Waals surface area contributed by atoms with Gasteiger partial charge in [-0.15, -0.1) is 0 Å². The van der Waals surface area contributed by atoms with Gasteiger partial charge in [0.05, 0.1) is 17.4 Å². The largest absolute Gasteiger partial charge is 0.350 e. The van der Waals surface area contributed by atoms with Gasteiger partial charge in [0.2, 0.25) is 0 Å². The molecule has 0 bridgehead atoms. The van der Waals surface area contributed by atoms with Crippen LogP contribution in [0.15, 0.2) is 17.4 Å². The Bertz CT molecular complexity index is 683. The van der Waals surface area contributed by atoms with Crippen molar-refractivity contribution in [2.45, 2.75) is 23.9 Å². The summed E-state index contributed by atoms with van der Waals surface area (Å²) in [5.41, 5.74) is 0.623. The molecule has 21 heavy (non-hydrogen) atoms. The fraction of sp³-hybridized carbons (Fsp3) is 0.462. The highest BCUT2D eigenvalue weighted by Crippen LogP contribution is 2.33. The van der Waals surface area contributed by atoms with Crippen LogP contribution in [0.1, 0.15) is 12.8 Å². The molecule has 0 aliphatic carbocycles. The van der Waals surface area contributed by atoms with Crippen LogP contribution in [0.2, 0.25) is 5.15 Å². The van der Waals surface area contributed by atoms with E-state index in [-0.39, 0.29) is 18.1 Å². The van der Waals surface area contributed by atoms with E-state index < -0.39 is 5.92 Å². The van der Waals surface area contributed by atoms with Crippen molar-refractivity contribution >= 4 is 40.1 Å². The first-order valence-electron chi connectivity index (χ1n) is 6.48. The quantitative estimate of drug-likeness (QED) is 0.478. The number of rotatable bonds is 2. The molecule has 4 nitrogen and oxygen atoms in total. The minimum Gasteiger partial charge on any atom is -0.350 e. The number of aromatic nitrogens is 3. The summed E-state index contributed by atoms with van der Waals surface area (Å²) in [4.78, 5) is 14.3. The molecule has 3 rings (SSSR count). The molecule has 0 aromatic carbocycles. The van der Waals surface area contributed by atoms with Crippen LogP contribution in [-0.4, -0.2) is 40.2 Å². The molecule has 1 saturated heterocycles. The summed E-state index contributed by atoms with van der Waals surface area (Å²) in [5.74, 6) is -2.27. The molecule has 1 aliphatic heterocycles. The van der Waals surface area contributed by atoms with E-state index in [1.165, 1.54) is 11.8 Å². The molecular weight excluding hydrogens is 318 g/mol. The minimum absolute atomic E-state index is 0.0882. The van der Waals surface area contributed by atoms with Crippen LogP contribution in [0.25, 0.3) is 10.9 Å². The predicted octanol–water partition coefficient (Wildman–Crippen LogP) is 3.64. The Balaban J connectivity index is 2.09.